The zero-order valence-corrected chi connectivity index (χ0v) is 9.71. The number of hydrogen-bond acceptors (Lipinski definition) is 2. The van der Waals surface area contributed by atoms with E-state index < -0.39 is 5.91 Å². The molecule has 0 rings (SSSR count). The molecule has 3 heteroatoms. The van der Waals surface area contributed by atoms with E-state index in [1.54, 1.807) is 6.08 Å². The molecule has 1 atom stereocenters. The maximum atomic E-state index is 11.6. The molecule has 0 aromatic carbocycles. The molecule has 0 heterocycles. The van der Waals surface area contributed by atoms with Crippen molar-refractivity contribution in [3.8, 4) is 0 Å². The van der Waals surface area contributed by atoms with Crippen molar-refractivity contribution >= 4 is 11.7 Å². The fourth-order valence-electron chi connectivity index (χ4n) is 1.41. The predicted molar refractivity (Wildman–Crippen MR) is 61.5 cm³/mol. The summed E-state index contributed by atoms with van der Waals surface area (Å²) in [6.07, 6.45) is 5.17. The lowest BCUT2D eigenvalue weighted by Gasteiger charge is -2.12. The van der Waals surface area contributed by atoms with Crippen molar-refractivity contribution in [1.82, 2.24) is 5.32 Å². The summed E-state index contributed by atoms with van der Waals surface area (Å²) in [5.41, 5.74) is 0. The number of carbonyl (C=O) groups is 2. The number of nitrogens with one attached hydrogen (secondary N) is 1. The highest BCUT2D eigenvalue weighted by Crippen LogP contribution is 2.13. The van der Waals surface area contributed by atoms with Gasteiger partial charge in [0, 0.05) is 12.5 Å². The van der Waals surface area contributed by atoms with Crippen molar-refractivity contribution in [3.05, 3.63) is 12.7 Å². The van der Waals surface area contributed by atoms with Crippen LogP contribution in [0.25, 0.3) is 0 Å². The molecule has 0 aromatic heterocycles. The minimum Gasteiger partial charge on any atom is -0.346 e. The number of amides is 1. The molecule has 15 heavy (non-hydrogen) atoms. The fourth-order valence-corrected chi connectivity index (χ4v) is 1.41. The van der Waals surface area contributed by atoms with Crippen molar-refractivity contribution < 1.29 is 9.59 Å². The number of rotatable bonds is 8. The molecule has 0 aliphatic heterocycles. The predicted octanol–water partition coefficient (Wildman–Crippen LogP) is 2.07. The van der Waals surface area contributed by atoms with E-state index in [2.05, 4.69) is 18.8 Å². The molecule has 0 aliphatic rings. The van der Waals surface area contributed by atoms with Gasteiger partial charge >= 0.3 is 0 Å². The molecule has 0 saturated heterocycles. The molecule has 1 N–H and O–H groups in total. The second-order valence-corrected chi connectivity index (χ2v) is 3.61. The van der Waals surface area contributed by atoms with Gasteiger partial charge in [0.1, 0.15) is 0 Å². The summed E-state index contributed by atoms with van der Waals surface area (Å²) in [5, 5.41) is 2.52. The number of ketones is 1. The van der Waals surface area contributed by atoms with Crippen molar-refractivity contribution in [2.45, 2.75) is 39.5 Å². The van der Waals surface area contributed by atoms with Crippen LogP contribution in [0.3, 0.4) is 0 Å². The Morgan fingerprint density at radius 2 is 2.07 bits per heavy atom. The van der Waals surface area contributed by atoms with Crippen LogP contribution in [-0.2, 0) is 9.59 Å². The number of unbranched alkanes of at least 4 members (excludes halogenated alkanes) is 1. The Kier molecular flexibility index (Phi) is 7.60. The standard InChI is InChI=1S/C12H21NO2/c1-4-7-8-10(6-3)11(14)12(15)13-9-5-2/h5,10H,2,4,6-9H2,1,3H3,(H,13,15)/t10-/m0/s1. The largest absolute Gasteiger partial charge is 0.346 e. The maximum absolute atomic E-state index is 11.6. The van der Waals surface area contributed by atoms with Gasteiger partial charge in [-0.1, -0.05) is 32.8 Å². The molecule has 0 bridgehead atoms. The summed E-state index contributed by atoms with van der Waals surface area (Å²) in [7, 11) is 0. The third-order valence-corrected chi connectivity index (χ3v) is 2.40. The molecule has 86 valence electrons. The van der Waals surface area contributed by atoms with E-state index in [9.17, 15) is 9.59 Å². The van der Waals surface area contributed by atoms with Gasteiger partial charge in [0.2, 0.25) is 5.78 Å². The van der Waals surface area contributed by atoms with Gasteiger partial charge in [-0.05, 0) is 12.8 Å². The van der Waals surface area contributed by atoms with Crippen LogP contribution in [0.2, 0.25) is 0 Å². The maximum Gasteiger partial charge on any atom is 0.287 e. The summed E-state index contributed by atoms with van der Waals surface area (Å²) >= 11 is 0. The zero-order valence-electron chi connectivity index (χ0n) is 9.71. The molecule has 0 saturated carbocycles. The number of hydrogen-bond donors (Lipinski definition) is 1. The Labute approximate surface area is 91.9 Å². The van der Waals surface area contributed by atoms with Crippen LogP contribution in [0.1, 0.15) is 39.5 Å². The Morgan fingerprint density at radius 3 is 2.53 bits per heavy atom. The molecule has 0 unspecified atom stereocenters. The first kappa shape index (κ1) is 13.9. The van der Waals surface area contributed by atoms with Gasteiger partial charge in [-0.15, -0.1) is 6.58 Å². The van der Waals surface area contributed by atoms with Gasteiger partial charge in [-0.25, -0.2) is 0 Å². The number of carbonyl (C=O) groups excluding carboxylic acids is 2. The van der Waals surface area contributed by atoms with E-state index in [-0.39, 0.29) is 11.7 Å². The van der Waals surface area contributed by atoms with E-state index in [0.29, 0.717) is 6.54 Å². The first-order valence-electron chi connectivity index (χ1n) is 5.60. The average molecular weight is 211 g/mol. The van der Waals surface area contributed by atoms with Crippen LogP contribution in [-0.4, -0.2) is 18.2 Å². The van der Waals surface area contributed by atoms with Crippen LogP contribution < -0.4 is 5.32 Å². The first-order valence-corrected chi connectivity index (χ1v) is 5.60. The highest BCUT2D eigenvalue weighted by atomic mass is 16.2. The molecule has 0 spiro atoms. The minimum absolute atomic E-state index is 0.116. The van der Waals surface area contributed by atoms with Crippen LogP contribution in [0.15, 0.2) is 12.7 Å². The lowest BCUT2D eigenvalue weighted by molar-refractivity contribution is -0.140. The zero-order chi connectivity index (χ0) is 11.7. The molecule has 0 aromatic rings. The second-order valence-electron chi connectivity index (χ2n) is 3.61. The van der Waals surface area contributed by atoms with E-state index in [1.807, 2.05) is 6.92 Å². The molecular formula is C12H21NO2. The third-order valence-electron chi connectivity index (χ3n) is 2.40. The smallest absolute Gasteiger partial charge is 0.287 e. The second kappa shape index (κ2) is 8.21. The molecule has 0 fully saturated rings. The van der Waals surface area contributed by atoms with Gasteiger partial charge in [0.05, 0.1) is 0 Å². The summed E-state index contributed by atoms with van der Waals surface area (Å²) in [6.45, 7) is 7.86. The topological polar surface area (TPSA) is 46.2 Å². The van der Waals surface area contributed by atoms with Crippen molar-refractivity contribution in [3.63, 3.8) is 0 Å². The van der Waals surface area contributed by atoms with Gasteiger partial charge in [-0.2, -0.15) is 0 Å². The van der Waals surface area contributed by atoms with E-state index in [1.165, 1.54) is 0 Å². The van der Waals surface area contributed by atoms with Gasteiger partial charge in [0.15, 0.2) is 0 Å². The van der Waals surface area contributed by atoms with Gasteiger partial charge in [-0.3, -0.25) is 9.59 Å². The third kappa shape index (κ3) is 5.35. The van der Waals surface area contributed by atoms with Crippen LogP contribution >= 0.6 is 0 Å². The Hall–Kier alpha value is -1.12. The van der Waals surface area contributed by atoms with E-state index >= 15 is 0 Å². The fraction of sp³-hybridized carbons (Fsp3) is 0.667. The van der Waals surface area contributed by atoms with Crippen molar-refractivity contribution in [2.24, 2.45) is 5.92 Å². The Morgan fingerprint density at radius 1 is 1.40 bits per heavy atom. The molecule has 1 amide bonds. The molecule has 0 radical (unpaired) electrons. The monoisotopic (exact) mass is 211 g/mol. The van der Waals surface area contributed by atoms with Crippen molar-refractivity contribution in [2.75, 3.05) is 6.54 Å². The number of Topliss-reactive ketones (excluding diaryl/α,β-unsaturated/α-hetero) is 1. The van der Waals surface area contributed by atoms with Crippen LogP contribution in [0.5, 0.6) is 0 Å². The first-order chi connectivity index (χ1) is 7.17. The highest BCUT2D eigenvalue weighted by molar-refractivity contribution is 6.36. The van der Waals surface area contributed by atoms with Crippen molar-refractivity contribution in [1.29, 1.82) is 0 Å². The lowest BCUT2D eigenvalue weighted by Crippen LogP contribution is -2.35. The van der Waals surface area contributed by atoms with E-state index in [4.69, 9.17) is 0 Å². The Bertz CT molecular complexity index is 224. The summed E-state index contributed by atoms with van der Waals surface area (Å²) in [5.74, 6) is -0.875. The lowest BCUT2D eigenvalue weighted by atomic mass is 9.94. The highest BCUT2D eigenvalue weighted by Gasteiger charge is 2.22. The Balaban J connectivity index is 4.11. The minimum atomic E-state index is -0.474. The molecular weight excluding hydrogens is 190 g/mol. The normalized spacial score (nSPS) is 11.9. The summed E-state index contributed by atoms with van der Waals surface area (Å²) in [4.78, 5) is 23.0. The van der Waals surface area contributed by atoms with Crippen LogP contribution in [0, 0.1) is 5.92 Å². The van der Waals surface area contributed by atoms with E-state index in [0.717, 1.165) is 25.7 Å². The van der Waals surface area contributed by atoms with Crippen LogP contribution in [0.4, 0.5) is 0 Å². The quantitative estimate of drug-likeness (QED) is 0.493. The molecule has 0 aliphatic carbocycles. The summed E-state index contributed by atoms with van der Waals surface area (Å²) < 4.78 is 0. The van der Waals surface area contributed by atoms with Gasteiger partial charge in [0.25, 0.3) is 5.91 Å². The molecule has 3 nitrogen and oxygen atoms in total. The van der Waals surface area contributed by atoms with Gasteiger partial charge < -0.3 is 5.32 Å². The SMILES string of the molecule is C=CCNC(=O)C(=O)[C@@H](CC)CCCC. The average Bonchev–Trinajstić information content (AvgIpc) is 2.26. The summed E-state index contributed by atoms with van der Waals surface area (Å²) in [6, 6.07) is 0.